The fourth-order valence-corrected chi connectivity index (χ4v) is 3.33. The SMILES string of the molecule is Fc1ccccc1CNc1cc(-c2ccccn2)nc(NC2CCCC2)n1. The molecule has 0 saturated heterocycles. The number of hydrogen-bond donors (Lipinski definition) is 2. The molecule has 1 fully saturated rings. The Bertz CT molecular complexity index is 894. The second kappa shape index (κ2) is 8.12. The lowest BCUT2D eigenvalue weighted by Crippen LogP contribution is -2.17. The van der Waals surface area contributed by atoms with Gasteiger partial charge in [-0.15, -0.1) is 0 Å². The van der Waals surface area contributed by atoms with Crippen molar-refractivity contribution in [2.75, 3.05) is 10.6 Å². The average Bonchev–Trinajstić information content (AvgIpc) is 3.21. The Hall–Kier alpha value is -3.02. The largest absolute Gasteiger partial charge is 0.366 e. The van der Waals surface area contributed by atoms with Crippen molar-refractivity contribution in [1.82, 2.24) is 15.0 Å². The molecule has 0 amide bonds. The predicted octanol–water partition coefficient (Wildman–Crippen LogP) is 4.64. The summed E-state index contributed by atoms with van der Waals surface area (Å²) in [7, 11) is 0. The van der Waals surface area contributed by atoms with Gasteiger partial charge in [0.2, 0.25) is 5.95 Å². The minimum absolute atomic E-state index is 0.228. The zero-order chi connectivity index (χ0) is 18.5. The second-order valence-electron chi connectivity index (χ2n) is 6.75. The van der Waals surface area contributed by atoms with Crippen LogP contribution in [0.15, 0.2) is 54.7 Å². The van der Waals surface area contributed by atoms with E-state index in [1.807, 2.05) is 30.3 Å². The smallest absolute Gasteiger partial charge is 0.225 e. The van der Waals surface area contributed by atoms with Gasteiger partial charge in [0.05, 0.1) is 11.4 Å². The van der Waals surface area contributed by atoms with Crippen LogP contribution in [0.3, 0.4) is 0 Å². The predicted molar refractivity (Wildman–Crippen MR) is 105 cm³/mol. The zero-order valence-electron chi connectivity index (χ0n) is 15.0. The number of benzene rings is 1. The summed E-state index contributed by atoms with van der Waals surface area (Å²) in [6.07, 6.45) is 6.48. The summed E-state index contributed by atoms with van der Waals surface area (Å²) in [6.45, 7) is 0.355. The van der Waals surface area contributed by atoms with Crippen LogP contribution in [0, 0.1) is 5.82 Å². The molecule has 27 heavy (non-hydrogen) atoms. The van der Waals surface area contributed by atoms with Gasteiger partial charge in [0, 0.05) is 30.4 Å². The molecule has 1 aromatic carbocycles. The van der Waals surface area contributed by atoms with Gasteiger partial charge < -0.3 is 10.6 Å². The first-order valence-electron chi connectivity index (χ1n) is 9.32. The standard InChI is InChI=1S/C21H22FN5/c22-17-10-4-1-7-15(17)14-24-20-13-19(18-11-5-6-12-23-18)26-21(27-20)25-16-8-2-3-9-16/h1,4-7,10-13,16H,2-3,8-9,14H2,(H2,24,25,26,27). The normalized spacial score (nSPS) is 14.3. The molecule has 4 rings (SSSR count). The fourth-order valence-electron chi connectivity index (χ4n) is 3.33. The van der Waals surface area contributed by atoms with E-state index in [1.54, 1.807) is 18.3 Å². The number of nitrogens with one attached hydrogen (secondary N) is 2. The van der Waals surface area contributed by atoms with E-state index in [9.17, 15) is 4.39 Å². The summed E-state index contributed by atoms with van der Waals surface area (Å²) in [5.41, 5.74) is 2.12. The highest BCUT2D eigenvalue weighted by atomic mass is 19.1. The van der Waals surface area contributed by atoms with Crippen molar-refractivity contribution >= 4 is 11.8 Å². The molecule has 0 bridgehead atoms. The van der Waals surface area contributed by atoms with Crippen molar-refractivity contribution < 1.29 is 4.39 Å². The van der Waals surface area contributed by atoms with Crippen molar-refractivity contribution in [3.8, 4) is 11.4 Å². The van der Waals surface area contributed by atoms with Gasteiger partial charge in [-0.3, -0.25) is 4.98 Å². The molecule has 1 aliphatic rings. The maximum atomic E-state index is 13.9. The molecule has 5 nitrogen and oxygen atoms in total. The van der Waals surface area contributed by atoms with Gasteiger partial charge in [-0.1, -0.05) is 37.1 Å². The van der Waals surface area contributed by atoms with Gasteiger partial charge in [-0.25, -0.2) is 9.37 Å². The lowest BCUT2D eigenvalue weighted by atomic mass is 10.2. The quantitative estimate of drug-likeness (QED) is 0.668. The summed E-state index contributed by atoms with van der Waals surface area (Å²) >= 11 is 0. The topological polar surface area (TPSA) is 62.7 Å². The Morgan fingerprint density at radius 2 is 1.78 bits per heavy atom. The van der Waals surface area contributed by atoms with Crippen molar-refractivity contribution in [3.05, 3.63) is 66.1 Å². The van der Waals surface area contributed by atoms with Gasteiger partial charge in [0.1, 0.15) is 11.6 Å². The molecule has 3 aromatic rings. The Labute approximate surface area is 158 Å². The van der Waals surface area contributed by atoms with E-state index < -0.39 is 0 Å². The third kappa shape index (κ3) is 4.39. The van der Waals surface area contributed by atoms with E-state index in [0.717, 1.165) is 24.2 Å². The molecule has 1 aliphatic carbocycles. The molecule has 138 valence electrons. The van der Waals surface area contributed by atoms with Gasteiger partial charge in [-0.05, 0) is 31.0 Å². The highest BCUT2D eigenvalue weighted by molar-refractivity contribution is 5.61. The van der Waals surface area contributed by atoms with Crippen molar-refractivity contribution in [3.63, 3.8) is 0 Å². The van der Waals surface area contributed by atoms with Crippen molar-refractivity contribution in [2.45, 2.75) is 38.3 Å². The van der Waals surface area contributed by atoms with Crippen LogP contribution in [0.2, 0.25) is 0 Å². The van der Waals surface area contributed by atoms with Crippen LogP contribution in [0.4, 0.5) is 16.2 Å². The van der Waals surface area contributed by atoms with Crippen molar-refractivity contribution in [1.29, 1.82) is 0 Å². The highest BCUT2D eigenvalue weighted by Gasteiger charge is 2.17. The molecule has 2 aromatic heterocycles. The Morgan fingerprint density at radius 1 is 0.963 bits per heavy atom. The molecule has 0 radical (unpaired) electrons. The third-order valence-electron chi connectivity index (χ3n) is 4.76. The Balaban J connectivity index is 1.59. The number of hydrogen-bond acceptors (Lipinski definition) is 5. The number of pyridine rings is 1. The van der Waals surface area contributed by atoms with Crippen LogP contribution in [0.1, 0.15) is 31.2 Å². The Morgan fingerprint density at radius 3 is 2.56 bits per heavy atom. The van der Waals surface area contributed by atoms with E-state index in [2.05, 4.69) is 25.6 Å². The van der Waals surface area contributed by atoms with E-state index in [1.165, 1.54) is 18.9 Å². The molecule has 1 saturated carbocycles. The monoisotopic (exact) mass is 363 g/mol. The zero-order valence-corrected chi connectivity index (χ0v) is 15.0. The summed E-state index contributed by atoms with van der Waals surface area (Å²) in [5, 5.41) is 6.66. The van der Waals surface area contributed by atoms with E-state index in [0.29, 0.717) is 29.9 Å². The average molecular weight is 363 g/mol. The van der Waals surface area contributed by atoms with E-state index >= 15 is 0 Å². The molecule has 6 heteroatoms. The molecule has 0 unspecified atom stereocenters. The molecule has 0 atom stereocenters. The minimum Gasteiger partial charge on any atom is -0.366 e. The number of halogens is 1. The van der Waals surface area contributed by atoms with Crippen LogP contribution in [-0.2, 0) is 6.54 Å². The van der Waals surface area contributed by atoms with Gasteiger partial charge in [0.25, 0.3) is 0 Å². The Kier molecular flexibility index (Phi) is 5.23. The third-order valence-corrected chi connectivity index (χ3v) is 4.76. The number of nitrogens with zero attached hydrogens (tertiary/aromatic N) is 3. The summed E-state index contributed by atoms with van der Waals surface area (Å²) in [5.74, 6) is 1.00. The summed E-state index contributed by atoms with van der Waals surface area (Å²) in [6, 6.07) is 14.7. The van der Waals surface area contributed by atoms with Crippen molar-refractivity contribution in [2.24, 2.45) is 0 Å². The van der Waals surface area contributed by atoms with Gasteiger partial charge in [-0.2, -0.15) is 4.98 Å². The maximum Gasteiger partial charge on any atom is 0.225 e. The highest BCUT2D eigenvalue weighted by Crippen LogP contribution is 2.24. The molecule has 2 N–H and O–H groups in total. The van der Waals surface area contributed by atoms with Gasteiger partial charge in [0.15, 0.2) is 0 Å². The van der Waals surface area contributed by atoms with Crippen LogP contribution < -0.4 is 10.6 Å². The maximum absolute atomic E-state index is 13.9. The lowest BCUT2D eigenvalue weighted by molar-refractivity contribution is 0.613. The molecule has 2 heterocycles. The molecular weight excluding hydrogens is 341 g/mol. The fraction of sp³-hybridized carbons (Fsp3) is 0.286. The molecule has 0 aliphatic heterocycles. The molecule has 0 spiro atoms. The first-order valence-corrected chi connectivity index (χ1v) is 9.32. The van der Waals surface area contributed by atoms with Crippen LogP contribution in [0.25, 0.3) is 11.4 Å². The number of rotatable bonds is 6. The minimum atomic E-state index is -0.228. The number of aromatic nitrogens is 3. The number of anilines is 2. The second-order valence-corrected chi connectivity index (χ2v) is 6.75. The lowest BCUT2D eigenvalue weighted by Gasteiger charge is -2.15. The molecular formula is C21H22FN5. The van der Waals surface area contributed by atoms with Crippen LogP contribution in [-0.4, -0.2) is 21.0 Å². The summed E-state index contributed by atoms with van der Waals surface area (Å²) in [4.78, 5) is 13.6. The van der Waals surface area contributed by atoms with E-state index in [4.69, 9.17) is 0 Å². The van der Waals surface area contributed by atoms with E-state index in [-0.39, 0.29) is 5.82 Å². The first-order chi connectivity index (χ1) is 13.3. The van der Waals surface area contributed by atoms with Crippen LogP contribution >= 0.6 is 0 Å². The van der Waals surface area contributed by atoms with Gasteiger partial charge >= 0.3 is 0 Å². The first kappa shape index (κ1) is 17.4. The summed E-state index contributed by atoms with van der Waals surface area (Å²) < 4.78 is 13.9. The van der Waals surface area contributed by atoms with Crippen LogP contribution in [0.5, 0.6) is 0 Å².